The zero-order valence-corrected chi connectivity index (χ0v) is 9.26. The van der Waals surface area contributed by atoms with Gasteiger partial charge in [0.25, 0.3) is 0 Å². The average Bonchev–Trinajstić information content (AvgIpc) is 2.15. The highest BCUT2D eigenvalue weighted by Crippen LogP contribution is 2.40. The zero-order valence-electron chi connectivity index (χ0n) is 8.44. The number of thioether (sulfide) groups is 1. The van der Waals surface area contributed by atoms with Crippen LogP contribution < -0.4 is 0 Å². The third-order valence-electron chi connectivity index (χ3n) is 3.05. The van der Waals surface area contributed by atoms with Gasteiger partial charge in [-0.25, -0.2) is 0 Å². The summed E-state index contributed by atoms with van der Waals surface area (Å²) in [5.74, 6) is 0.503. The molecule has 1 nitrogen and oxygen atoms in total. The first-order valence-corrected chi connectivity index (χ1v) is 6.36. The monoisotopic (exact) mass is 208 g/mol. The van der Waals surface area contributed by atoms with Crippen molar-refractivity contribution < 1.29 is 5.11 Å². The van der Waals surface area contributed by atoms with Gasteiger partial charge in [-0.3, -0.25) is 0 Å². The van der Waals surface area contributed by atoms with Gasteiger partial charge in [-0.1, -0.05) is 24.6 Å². The fraction of sp³-hybridized carbons (Fsp3) is 0.500. The maximum Gasteiger partial charge on any atom is 0.0828 e. The normalized spacial score (nSPS) is 19.0. The van der Waals surface area contributed by atoms with Crippen molar-refractivity contribution in [1.82, 2.24) is 0 Å². The Bertz CT molecular complexity index is 307. The molecule has 1 saturated carbocycles. The molecule has 2 rings (SSSR count). The van der Waals surface area contributed by atoms with Crippen LogP contribution in [-0.2, 0) is 0 Å². The van der Waals surface area contributed by atoms with E-state index in [0.717, 1.165) is 5.56 Å². The van der Waals surface area contributed by atoms with Crippen LogP contribution in [0.5, 0.6) is 0 Å². The third-order valence-corrected chi connectivity index (χ3v) is 3.87. The molecule has 0 saturated heterocycles. The first kappa shape index (κ1) is 10.1. The van der Waals surface area contributed by atoms with Gasteiger partial charge < -0.3 is 5.11 Å². The van der Waals surface area contributed by atoms with Crippen molar-refractivity contribution in [1.29, 1.82) is 0 Å². The lowest BCUT2D eigenvalue weighted by molar-refractivity contribution is 0.0601. The lowest BCUT2D eigenvalue weighted by atomic mass is 9.79. The Balaban J connectivity index is 2.20. The molecule has 0 aliphatic heterocycles. The maximum absolute atomic E-state index is 10.1. The van der Waals surface area contributed by atoms with Crippen LogP contribution in [0.2, 0.25) is 0 Å². The van der Waals surface area contributed by atoms with Gasteiger partial charge in [0, 0.05) is 4.90 Å². The molecular formula is C12H16OS. The fourth-order valence-electron chi connectivity index (χ4n) is 1.92. The SMILES string of the molecule is CSc1ccccc1C(O)C1CCC1. The second kappa shape index (κ2) is 4.37. The van der Waals surface area contributed by atoms with Gasteiger partial charge in [0.1, 0.15) is 0 Å². The highest BCUT2D eigenvalue weighted by Gasteiger charge is 2.27. The predicted molar refractivity (Wildman–Crippen MR) is 60.5 cm³/mol. The topological polar surface area (TPSA) is 20.2 Å². The Kier molecular flexibility index (Phi) is 3.14. The van der Waals surface area contributed by atoms with Crippen LogP contribution in [0.4, 0.5) is 0 Å². The summed E-state index contributed by atoms with van der Waals surface area (Å²) in [5, 5.41) is 10.1. The van der Waals surface area contributed by atoms with E-state index in [0.29, 0.717) is 5.92 Å². The molecule has 1 aliphatic rings. The zero-order chi connectivity index (χ0) is 9.97. The van der Waals surface area contributed by atoms with Gasteiger partial charge in [0.05, 0.1) is 6.10 Å². The highest BCUT2D eigenvalue weighted by molar-refractivity contribution is 7.98. The standard InChI is InChI=1S/C12H16OS/c1-14-11-8-3-2-7-10(11)12(13)9-5-4-6-9/h2-3,7-9,12-13H,4-6H2,1H3. The number of hydrogen-bond donors (Lipinski definition) is 1. The van der Waals surface area contributed by atoms with Crippen molar-refractivity contribution in [3.63, 3.8) is 0 Å². The Labute approximate surface area is 89.5 Å². The molecule has 0 amide bonds. The van der Waals surface area contributed by atoms with Gasteiger partial charge in [-0.05, 0) is 36.6 Å². The molecule has 0 radical (unpaired) electrons. The Hall–Kier alpha value is -0.470. The van der Waals surface area contributed by atoms with E-state index in [1.807, 2.05) is 12.1 Å². The molecule has 1 aromatic rings. The van der Waals surface area contributed by atoms with Crippen molar-refractivity contribution in [2.45, 2.75) is 30.3 Å². The molecule has 1 fully saturated rings. The summed E-state index contributed by atoms with van der Waals surface area (Å²) in [5.41, 5.74) is 1.12. The first-order valence-electron chi connectivity index (χ1n) is 5.14. The van der Waals surface area contributed by atoms with Crippen molar-refractivity contribution in [2.24, 2.45) is 5.92 Å². The molecule has 2 heteroatoms. The number of aliphatic hydroxyl groups excluding tert-OH is 1. The average molecular weight is 208 g/mol. The van der Waals surface area contributed by atoms with Crippen LogP contribution in [0, 0.1) is 5.92 Å². The molecule has 14 heavy (non-hydrogen) atoms. The van der Waals surface area contributed by atoms with Crippen LogP contribution in [0.25, 0.3) is 0 Å². The summed E-state index contributed by atoms with van der Waals surface area (Å²) < 4.78 is 0. The Morgan fingerprint density at radius 3 is 2.64 bits per heavy atom. The smallest absolute Gasteiger partial charge is 0.0828 e. The van der Waals surface area contributed by atoms with E-state index in [1.54, 1.807) is 11.8 Å². The van der Waals surface area contributed by atoms with Crippen LogP contribution >= 0.6 is 11.8 Å². The van der Waals surface area contributed by atoms with E-state index in [1.165, 1.54) is 24.2 Å². The van der Waals surface area contributed by atoms with Crippen molar-refractivity contribution >= 4 is 11.8 Å². The second-order valence-corrected chi connectivity index (χ2v) is 4.73. The summed E-state index contributed by atoms with van der Waals surface area (Å²) in [6.45, 7) is 0. The summed E-state index contributed by atoms with van der Waals surface area (Å²) in [7, 11) is 0. The van der Waals surface area contributed by atoms with Crippen LogP contribution in [0.1, 0.15) is 30.9 Å². The molecule has 0 aromatic heterocycles. The molecular weight excluding hydrogens is 192 g/mol. The number of hydrogen-bond acceptors (Lipinski definition) is 2. The minimum absolute atomic E-state index is 0.243. The van der Waals surface area contributed by atoms with Crippen LogP contribution in [0.3, 0.4) is 0 Å². The van der Waals surface area contributed by atoms with E-state index in [2.05, 4.69) is 18.4 Å². The van der Waals surface area contributed by atoms with Crippen LogP contribution in [0.15, 0.2) is 29.2 Å². The molecule has 1 aliphatic carbocycles. The van der Waals surface area contributed by atoms with Gasteiger partial charge >= 0.3 is 0 Å². The molecule has 0 spiro atoms. The van der Waals surface area contributed by atoms with Gasteiger partial charge in [0.15, 0.2) is 0 Å². The number of rotatable bonds is 3. The first-order chi connectivity index (χ1) is 6.83. The third kappa shape index (κ3) is 1.82. The van der Waals surface area contributed by atoms with Crippen molar-refractivity contribution in [2.75, 3.05) is 6.26 Å². The van der Waals surface area contributed by atoms with Crippen LogP contribution in [-0.4, -0.2) is 11.4 Å². The predicted octanol–water partition coefficient (Wildman–Crippen LogP) is 3.24. The van der Waals surface area contributed by atoms with E-state index in [9.17, 15) is 5.11 Å². The summed E-state index contributed by atoms with van der Waals surface area (Å²) in [4.78, 5) is 1.21. The maximum atomic E-state index is 10.1. The highest BCUT2D eigenvalue weighted by atomic mass is 32.2. The molecule has 1 atom stereocenters. The quantitative estimate of drug-likeness (QED) is 0.769. The van der Waals surface area contributed by atoms with Gasteiger partial charge in [-0.2, -0.15) is 0 Å². The van der Waals surface area contributed by atoms with E-state index in [-0.39, 0.29) is 6.10 Å². The van der Waals surface area contributed by atoms with Crippen molar-refractivity contribution in [3.8, 4) is 0 Å². The molecule has 0 bridgehead atoms. The lowest BCUT2D eigenvalue weighted by Crippen LogP contribution is -2.20. The Morgan fingerprint density at radius 1 is 1.36 bits per heavy atom. The summed E-state index contributed by atoms with van der Waals surface area (Å²) in [6.07, 6.45) is 5.47. The number of benzene rings is 1. The minimum Gasteiger partial charge on any atom is -0.388 e. The Morgan fingerprint density at radius 2 is 2.07 bits per heavy atom. The molecule has 76 valence electrons. The summed E-state index contributed by atoms with van der Waals surface area (Å²) in [6, 6.07) is 8.18. The molecule has 1 unspecified atom stereocenters. The lowest BCUT2D eigenvalue weighted by Gasteiger charge is -2.31. The minimum atomic E-state index is -0.243. The van der Waals surface area contributed by atoms with Crippen molar-refractivity contribution in [3.05, 3.63) is 29.8 Å². The van der Waals surface area contributed by atoms with E-state index >= 15 is 0 Å². The largest absolute Gasteiger partial charge is 0.388 e. The van der Waals surface area contributed by atoms with E-state index < -0.39 is 0 Å². The van der Waals surface area contributed by atoms with E-state index in [4.69, 9.17) is 0 Å². The second-order valence-electron chi connectivity index (χ2n) is 3.88. The molecule has 1 aromatic carbocycles. The number of aliphatic hydroxyl groups is 1. The molecule has 1 N–H and O–H groups in total. The fourth-order valence-corrected chi connectivity index (χ4v) is 2.56. The van der Waals surface area contributed by atoms with Gasteiger partial charge in [0.2, 0.25) is 0 Å². The summed E-state index contributed by atoms with van der Waals surface area (Å²) >= 11 is 1.72. The molecule has 0 heterocycles. The van der Waals surface area contributed by atoms with Gasteiger partial charge in [-0.15, -0.1) is 11.8 Å².